The van der Waals surface area contributed by atoms with Crippen LogP contribution in [0, 0.1) is 6.92 Å². The van der Waals surface area contributed by atoms with E-state index in [9.17, 15) is 4.79 Å². The Bertz CT molecular complexity index is 1230. The SMILES string of the molecule is COc1ccccc1OCCCCn1c(CNC(=O)c2ccccc2C)nc2ccccc21. The van der Waals surface area contributed by atoms with Gasteiger partial charge >= 0.3 is 0 Å². The summed E-state index contributed by atoms with van der Waals surface area (Å²) in [5, 5.41) is 3.03. The molecule has 6 nitrogen and oxygen atoms in total. The van der Waals surface area contributed by atoms with Gasteiger partial charge in [0, 0.05) is 12.1 Å². The number of nitrogens with one attached hydrogen (secondary N) is 1. The van der Waals surface area contributed by atoms with Crippen LogP contribution >= 0.6 is 0 Å². The summed E-state index contributed by atoms with van der Waals surface area (Å²) in [4.78, 5) is 17.4. The summed E-state index contributed by atoms with van der Waals surface area (Å²) in [6, 6.07) is 23.3. The van der Waals surface area contributed by atoms with Gasteiger partial charge in [-0.25, -0.2) is 4.98 Å². The van der Waals surface area contributed by atoms with Gasteiger partial charge in [-0.1, -0.05) is 42.5 Å². The van der Waals surface area contributed by atoms with Gasteiger partial charge in [-0.05, 0) is 55.7 Å². The van der Waals surface area contributed by atoms with Crippen LogP contribution in [-0.4, -0.2) is 29.2 Å². The zero-order valence-electron chi connectivity index (χ0n) is 19.1. The summed E-state index contributed by atoms with van der Waals surface area (Å²) in [5.74, 6) is 2.26. The number of imidazole rings is 1. The molecule has 0 aliphatic rings. The van der Waals surface area contributed by atoms with Gasteiger partial charge in [0.05, 0.1) is 31.3 Å². The maximum atomic E-state index is 12.7. The minimum atomic E-state index is -0.0862. The molecule has 170 valence electrons. The van der Waals surface area contributed by atoms with Gasteiger partial charge in [0.25, 0.3) is 5.91 Å². The van der Waals surface area contributed by atoms with E-state index in [0.717, 1.165) is 53.3 Å². The third-order valence-electron chi connectivity index (χ3n) is 5.63. The van der Waals surface area contributed by atoms with Crippen molar-refractivity contribution in [1.82, 2.24) is 14.9 Å². The predicted octanol–water partition coefficient (Wildman–Crippen LogP) is 5.14. The number of fused-ring (bicyclic) bond motifs is 1. The number of para-hydroxylation sites is 4. The number of hydrogen-bond donors (Lipinski definition) is 1. The maximum Gasteiger partial charge on any atom is 0.251 e. The Morgan fingerprint density at radius 3 is 2.48 bits per heavy atom. The number of rotatable bonds is 10. The Morgan fingerprint density at radius 2 is 1.67 bits per heavy atom. The minimum Gasteiger partial charge on any atom is -0.493 e. The second-order valence-electron chi connectivity index (χ2n) is 7.87. The normalized spacial score (nSPS) is 10.8. The quantitative estimate of drug-likeness (QED) is 0.345. The summed E-state index contributed by atoms with van der Waals surface area (Å²) in [6.45, 7) is 3.72. The number of aromatic nitrogens is 2. The predicted molar refractivity (Wildman–Crippen MR) is 130 cm³/mol. The van der Waals surface area contributed by atoms with E-state index in [1.54, 1.807) is 7.11 Å². The molecule has 0 bridgehead atoms. The van der Waals surface area contributed by atoms with Crippen molar-refractivity contribution in [1.29, 1.82) is 0 Å². The molecule has 0 aliphatic carbocycles. The molecule has 0 fully saturated rings. The Hall–Kier alpha value is -3.80. The van der Waals surface area contributed by atoms with E-state index in [1.807, 2.05) is 73.7 Å². The Labute approximate surface area is 194 Å². The van der Waals surface area contributed by atoms with Gasteiger partial charge in [0.1, 0.15) is 5.82 Å². The van der Waals surface area contributed by atoms with Gasteiger partial charge in [0.2, 0.25) is 0 Å². The number of carbonyl (C=O) groups is 1. The molecular weight excluding hydrogens is 414 g/mol. The number of carbonyl (C=O) groups excluding carboxylic acids is 1. The van der Waals surface area contributed by atoms with Gasteiger partial charge in [0.15, 0.2) is 11.5 Å². The highest BCUT2D eigenvalue weighted by atomic mass is 16.5. The van der Waals surface area contributed by atoms with Crippen molar-refractivity contribution in [2.75, 3.05) is 13.7 Å². The number of unbranched alkanes of at least 4 members (excludes halogenated alkanes) is 1. The molecule has 4 rings (SSSR count). The number of methoxy groups -OCH3 is 1. The van der Waals surface area contributed by atoms with Crippen molar-refractivity contribution in [3.63, 3.8) is 0 Å². The van der Waals surface area contributed by atoms with E-state index in [1.165, 1.54) is 0 Å². The molecule has 1 N–H and O–H groups in total. The van der Waals surface area contributed by atoms with E-state index in [-0.39, 0.29) is 5.91 Å². The summed E-state index contributed by atoms with van der Waals surface area (Å²) in [5.41, 5.74) is 3.65. The third kappa shape index (κ3) is 5.34. The van der Waals surface area contributed by atoms with E-state index < -0.39 is 0 Å². The molecule has 0 aliphatic heterocycles. The molecule has 0 atom stereocenters. The number of hydrogen-bond acceptors (Lipinski definition) is 4. The summed E-state index contributed by atoms with van der Waals surface area (Å²) < 4.78 is 13.4. The van der Waals surface area contributed by atoms with Crippen LogP contribution in [0.4, 0.5) is 0 Å². The average molecular weight is 444 g/mol. The molecule has 1 amide bonds. The zero-order chi connectivity index (χ0) is 23.0. The first-order valence-corrected chi connectivity index (χ1v) is 11.2. The van der Waals surface area contributed by atoms with Crippen LogP contribution in [0.25, 0.3) is 11.0 Å². The van der Waals surface area contributed by atoms with Gasteiger partial charge in [-0.15, -0.1) is 0 Å². The molecule has 0 saturated heterocycles. The Kier molecular flexibility index (Phi) is 7.25. The first kappa shape index (κ1) is 22.4. The fourth-order valence-corrected chi connectivity index (χ4v) is 3.88. The van der Waals surface area contributed by atoms with E-state index >= 15 is 0 Å². The Balaban J connectivity index is 1.39. The molecule has 0 unspecified atom stereocenters. The van der Waals surface area contributed by atoms with Crippen molar-refractivity contribution in [2.45, 2.75) is 32.9 Å². The minimum absolute atomic E-state index is 0.0862. The van der Waals surface area contributed by atoms with Gasteiger partial charge in [-0.3, -0.25) is 4.79 Å². The van der Waals surface area contributed by atoms with Crippen molar-refractivity contribution < 1.29 is 14.3 Å². The molecule has 0 spiro atoms. The standard InChI is InChI=1S/C27H29N3O3/c1-20-11-3-4-12-21(20)27(31)28-19-26-29-22-13-5-6-14-23(22)30(26)17-9-10-18-33-25-16-8-7-15-24(25)32-2/h3-8,11-16H,9-10,17-19H2,1-2H3,(H,28,31). The second kappa shape index (κ2) is 10.7. The van der Waals surface area contributed by atoms with Crippen LogP contribution in [0.1, 0.15) is 34.6 Å². The topological polar surface area (TPSA) is 65.4 Å². The van der Waals surface area contributed by atoms with Crippen LogP contribution in [0.2, 0.25) is 0 Å². The fourth-order valence-electron chi connectivity index (χ4n) is 3.88. The monoisotopic (exact) mass is 443 g/mol. The highest BCUT2D eigenvalue weighted by molar-refractivity contribution is 5.95. The lowest BCUT2D eigenvalue weighted by Gasteiger charge is -2.12. The van der Waals surface area contributed by atoms with E-state index in [2.05, 4.69) is 16.0 Å². The number of nitrogens with zero attached hydrogens (tertiary/aromatic N) is 2. The lowest BCUT2D eigenvalue weighted by Crippen LogP contribution is -2.25. The lowest BCUT2D eigenvalue weighted by molar-refractivity contribution is 0.0949. The summed E-state index contributed by atoms with van der Waals surface area (Å²) in [6.07, 6.45) is 1.81. The van der Waals surface area contributed by atoms with Crippen molar-refractivity contribution >= 4 is 16.9 Å². The maximum absolute atomic E-state index is 12.7. The van der Waals surface area contributed by atoms with Gasteiger partial charge < -0.3 is 19.4 Å². The lowest BCUT2D eigenvalue weighted by atomic mass is 10.1. The van der Waals surface area contributed by atoms with Gasteiger partial charge in [-0.2, -0.15) is 0 Å². The van der Waals surface area contributed by atoms with Crippen molar-refractivity contribution in [3.05, 3.63) is 89.7 Å². The zero-order valence-corrected chi connectivity index (χ0v) is 19.1. The van der Waals surface area contributed by atoms with Crippen LogP contribution < -0.4 is 14.8 Å². The molecular formula is C27H29N3O3. The number of amides is 1. The van der Waals surface area contributed by atoms with Crippen LogP contribution in [0.3, 0.4) is 0 Å². The van der Waals surface area contributed by atoms with Crippen LogP contribution in [-0.2, 0) is 13.1 Å². The molecule has 1 heterocycles. The molecule has 33 heavy (non-hydrogen) atoms. The van der Waals surface area contributed by atoms with Crippen molar-refractivity contribution in [2.24, 2.45) is 0 Å². The average Bonchev–Trinajstić information content (AvgIpc) is 3.20. The first-order chi connectivity index (χ1) is 16.2. The van der Waals surface area contributed by atoms with Crippen LogP contribution in [0.5, 0.6) is 11.5 Å². The highest BCUT2D eigenvalue weighted by Crippen LogP contribution is 2.26. The molecule has 0 saturated carbocycles. The van der Waals surface area contributed by atoms with E-state index in [4.69, 9.17) is 14.5 Å². The van der Waals surface area contributed by atoms with Crippen molar-refractivity contribution in [3.8, 4) is 11.5 Å². The highest BCUT2D eigenvalue weighted by Gasteiger charge is 2.13. The third-order valence-corrected chi connectivity index (χ3v) is 5.63. The smallest absolute Gasteiger partial charge is 0.251 e. The molecule has 0 radical (unpaired) electrons. The molecule has 6 heteroatoms. The fraction of sp³-hybridized carbons (Fsp3) is 0.259. The van der Waals surface area contributed by atoms with Crippen LogP contribution in [0.15, 0.2) is 72.8 Å². The number of aryl methyl sites for hydroxylation is 2. The number of benzene rings is 3. The molecule has 1 aromatic heterocycles. The molecule has 4 aromatic rings. The Morgan fingerprint density at radius 1 is 0.939 bits per heavy atom. The second-order valence-corrected chi connectivity index (χ2v) is 7.87. The summed E-state index contributed by atoms with van der Waals surface area (Å²) in [7, 11) is 1.64. The largest absolute Gasteiger partial charge is 0.493 e. The molecule has 3 aromatic carbocycles. The van der Waals surface area contributed by atoms with E-state index in [0.29, 0.717) is 18.7 Å². The number of ether oxygens (including phenoxy) is 2. The summed E-state index contributed by atoms with van der Waals surface area (Å²) >= 11 is 0. The first-order valence-electron chi connectivity index (χ1n) is 11.2.